The first kappa shape index (κ1) is 21.0. The molecule has 5 rings (SSSR count). The number of anilines is 1. The van der Waals surface area contributed by atoms with E-state index in [0.717, 1.165) is 27.8 Å². The summed E-state index contributed by atoms with van der Waals surface area (Å²) in [6.45, 7) is 5.00. The van der Waals surface area contributed by atoms with E-state index in [9.17, 15) is 14.7 Å². The van der Waals surface area contributed by atoms with Crippen molar-refractivity contribution in [1.29, 1.82) is 0 Å². The molecule has 0 saturated carbocycles. The van der Waals surface area contributed by atoms with Crippen molar-refractivity contribution in [2.75, 3.05) is 5.32 Å². The second kappa shape index (κ2) is 8.22. The summed E-state index contributed by atoms with van der Waals surface area (Å²) in [6.07, 6.45) is 0. The van der Waals surface area contributed by atoms with Gasteiger partial charge in [0.2, 0.25) is 0 Å². The van der Waals surface area contributed by atoms with Gasteiger partial charge in [0.25, 0.3) is 0 Å². The maximum absolute atomic E-state index is 13.1. The Kier molecular flexibility index (Phi) is 5.23. The van der Waals surface area contributed by atoms with Crippen molar-refractivity contribution in [3.63, 3.8) is 0 Å². The molecule has 0 aliphatic carbocycles. The molecule has 0 radical (unpaired) electrons. The van der Waals surface area contributed by atoms with Gasteiger partial charge in [0.1, 0.15) is 11.3 Å². The number of benzene rings is 3. The third kappa shape index (κ3) is 3.90. The third-order valence-electron chi connectivity index (χ3n) is 6.00. The molecule has 1 aromatic heterocycles. The highest BCUT2D eigenvalue weighted by Crippen LogP contribution is 2.32. The summed E-state index contributed by atoms with van der Waals surface area (Å²) in [5.74, 6) is -0.515. The monoisotopic (exact) mass is 441 g/mol. The zero-order valence-electron chi connectivity index (χ0n) is 18.3. The van der Waals surface area contributed by atoms with E-state index in [0.29, 0.717) is 35.6 Å². The number of hydrogen-bond acceptors (Lipinski definition) is 5. The van der Waals surface area contributed by atoms with Crippen molar-refractivity contribution in [3.05, 3.63) is 98.7 Å². The van der Waals surface area contributed by atoms with Crippen molar-refractivity contribution in [3.8, 4) is 11.3 Å². The van der Waals surface area contributed by atoms with Gasteiger partial charge >= 0.3 is 5.97 Å². The molecule has 0 fully saturated rings. The van der Waals surface area contributed by atoms with Crippen molar-refractivity contribution in [2.24, 2.45) is 0 Å². The fraction of sp³-hybridized carbons (Fsp3) is 0.185. The molecule has 1 aliphatic rings. The molecule has 2 N–H and O–H groups in total. The van der Waals surface area contributed by atoms with Gasteiger partial charge in [-0.15, -0.1) is 0 Å². The molecule has 6 nitrogen and oxygen atoms in total. The Morgan fingerprint density at radius 2 is 1.82 bits per heavy atom. The van der Waals surface area contributed by atoms with Crippen LogP contribution in [0.15, 0.2) is 69.9 Å². The lowest BCUT2D eigenvalue weighted by atomic mass is 9.99. The summed E-state index contributed by atoms with van der Waals surface area (Å²) in [5, 5.41) is 13.3. The van der Waals surface area contributed by atoms with E-state index < -0.39 is 5.97 Å². The number of para-hydroxylation sites is 1. The third-order valence-corrected chi connectivity index (χ3v) is 6.00. The minimum atomic E-state index is -1.01. The molecule has 3 aromatic carbocycles. The fourth-order valence-electron chi connectivity index (χ4n) is 4.33. The molecule has 1 aliphatic heterocycles. The standard InChI is InChI=1S/C27H23NO5/c1-15-9-21(16(2)28-23-6-4-3-5-20(23)27(30)31)26-22(10-15)24(29)12-25(33-26)17-7-8-18-13-32-14-19(18)11-17/h3-12,16,28H,13-14H2,1-2H3,(H,30,31). The molecule has 2 heterocycles. The molecular weight excluding hydrogens is 418 g/mol. The van der Waals surface area contributed by atoms with Gasteiger partial charge in [-0.05, 0) is 54.8 Å². The summed E-state index contributed by atoms with van der Waals surface area (Å²) < 4.78 is 11.8. The van der Waals surface area contributed by atoms with Crippen LogP contribution >= 0.6 is 0 Å². The van der Waals surface area contributed by atoms with Gasteiger partial charge in [0, 0.05) is 22.9 Å². The lowest BCUT2D eigenvalue weighted by molar-refractivity contribution is 0.0698. The Labute approximate surface area is 190 Å². The molecule has 33 heavy (non-hydrogen) atoms. The summed E-state index contributed by atoms with van der Waals surface area (Å²) in [4.78, 5) is 24.7. The Hall–Kier alpha value is -3.90. The van der Waals surface area contributed by atoms with Crippen LogP contribution in [0.5, 0.6) is 0 Å². The number of ether oxygens (including phenoxy) is 1. The summed E-state index contributed by atoms with van der Waals surface area (Å²) in [5.41, 5.74) is 5.84. The van der Waals surface area contributed by atoms with E-state index in [1.807, 2.05) is 44.2 Å². The van der Waals surface area contributed by atoms with Crippen LogP contribution in [-0.4, -0.2) is 11.1 Å². The number of nitrogens with one attached hydrogen (secondary N) is 1. The predicted octanol–water partition coefficient (Wildman–Crippen LogP) is 5.67. The summed E-state index contributed by atoms with van der Waals surface area (Å²) in [7, 11) is 0. The second-order valence-corrected chi connectivity index (χ2v) is 8.40. The average Bonchev–Trinajstić information content (AvgIpc) is 3.27. The van der Waals surface area contributed by atoms with Crippen molar-refractivity contribution >= 4 is 22.6 Å². The number of aryl methyl sites for hydroxylation is 1. The van der Waals surface area contributed by atoms with Crippen LogP contribution in [0.25, 0.3) is 22.3 Å². The number of fused-ring (bicyclic) bond motifs is 2. The van der Waals surface area contributed by atoms with Crippen molar-refractivity contribution in [2.45, 2.75) is 33.1 Å². The van der Waals surface area contributed by atoms with Gasteiger partial charge in [-0.1, -0.05) is 30.3 Å². The lowest BCUT2D eigenvalue weighted by Gasteiger charge is -2.19. The zero-order chi connectivity index (χ0) is 23.1. The molecule has 4 aromatic rings. The average molecular weight is 441 g/mol. The number of carboxylic acids is 1. The van der Waals surface area contributed by atoms with E-state index in [1.54, 1.807) is 24.3 Å². The van der Waals surface area contributed by atoms with Gasteiger partial charge < -0.3 is 19.6 Å². The van der Waals surface area contributed by atoms with Gasteiger partial charge in [-0.25, -0.2) is 4.79 Å². The minimum Gasteiger partial charge on any atom is -0.478 e. The summed E-state index contributed by atoms with van der Waals surface area (Å²) >= 11 is 0. The number of aromatic carboxylic acids is 1. The van der Waals surface area contributed by atoms with Crippen molar-refractivity contribution in [1.82, 2.24) is 0 Å². The van der Waals surface area contributed by atoms with E-state index in [2.05, 4.69) is 5.32 Å². The van der Waals surface area contributed by atoms with E-state index in [1.165, 1.54) is 6.07 Å². The van der Waals surface area contributed by atoms with Crippen LogP contribution in [0, 0.1) is 6.92 Å². The Bertz CT molecular complexity index is 1450. The van der Waals surface area contributed by atoms with Crippen LogP contribution in [0.4, 0.5) is 5.69 Å². The van der Waals surface area contributed by atoms with Gasteiger partial charge in [0.15, 0.2) is 5.43 Å². The zero-order valence-corrected chi connectivity index (χ0v) is 18.3. The SMILES string of the molecule is Cc1cc(C(C)Nc2ccccc2C(=O)O)c2oc(-c3ccc4c(c3)COC4)cc(=O)c2c1. The Morgan fingerprint density at radius 3 is 2.64 bits per heavy atom. The van der Waals surface area contributed by atoms with Crippen LogP contribution in [0.2, 0.25) is 0 Å². The highest BCUT2D eigenvalue weighted by Gasteiger charge is 2.19. The first-order valence-corrected chi connectivity index (χ1v) is 10.8. The summed E-state index contributed by atoms with van der Waals surface area (Å²) in [6, 6.07) is 17.7. The Morgan fingerprint density at radius 1 is 1.03 bits per heavy atom. The number of hydrogen-bond donors (Lipinski definition) is 2. The molecule has 1 atom stereocenters. The maximum Gasteiger partial charge on any atom is 0.337 e. The second-order valence-electron chi connectivity index (χ2n) is 8.40. The van der Waals surface area contributed by atoms with Gasteiger partial charge in [-0.3, -0.25) is 4.79 Å². The Balaban J connectivity index is 1.62. The van der Waals surface area contributed by atoms with Crippen molar-refractivity contribution < 1.29 is 19.1 Å². The van der Waals surface area contributed by atoms with Gasteiger partial charge in [0.05, 0.1) is 30.2 Å². The molecular formula is C27H23NO5. The predicted molar refractivity (Wildman–Crippen MR) is 127 cm³/mol. The molecule has 0 amide bonds. The van der Waals surface area contributed by atoms with Crippen LogP contribution in [0.3, 0.4) is 0 Å². The van der Waals surface area contributed by atoms with E-state index in [4.69, 9.17) is 9.15 Å². The molecule has 6 heteroatoms. The van der Waals surface area contributed by atoms with Crippen LogP contribution in [0.1, 0.15) is 45.6 Å². The largest absolute Gasteiger partial charge is 0.478 e. The highest BCUT2D eigenvalue weighted by atomic mass is 16.5. The number of carbonyl (C=O) groups is 1. The topological polar surface area (TPSA) is 88.8 Å². The normalized spacial score (nSPS) is 13.6. The number of carboxylic acid groups (broad SMARTS) is 1. The fourth-order valence-corrected chi connectivity index (χ4v) is 4.33. The first-order valence-electron chi connectivity index (χ1n) is 10.8. The minimum absolute atomic E-state index is 0.119. The molecule has 0 saturated heterocycles. The van der Waals surface area contributed by atoms with Crippen LogP contribution in [-0.2, 0) is 18.0 Å². The molecule has 166 valence electrons. The molecule has 0 bridgehead atoms. The molecule has 1 unspecified atom stereocenters. The quantitative estimate of drug-likeness (QED) is 0.415. The van der Waals surface area contributed by atoms with Crippen LogP contribution < -0.4 is 10.7 Å². The van der Waals surface area contributed by atoms with E-state index in [-0.39, 0.29) is 17.0 Å². The van der Waals surface area contributed by atoms with Gasteiger partial charge in [-0.2, -0.15) is 0 Å². The maximum atomic E-state index is 13.1. The number of rotatable bonds is 5. The lowest BCUT2D eigenvalue weighted by Crippen LogP contribution is -2.12. The smallest absolute Gasteiger partial charge is 0.337 e. The first-order chi connectivity index (χ1) is 15.9. The highest BCUT2D eigenvalue weighted by molar-refractivity contribution is 5.94. The van der Waals surface area contributed by atoms with E-state index >= 15 is 0 Å². The molecule has 0 spiro atoms.